The van der Waals surface area contributed by atoms with Gasteiger partial charge in [0.2, 0.25) is 0 Å². The summed E-state index contributed by atoms with van der Waals surface area (Å²) in [5, 5.41) is 0. The van der Waals surface area contributed by atoms with Crippen molar-refractivity contribution >= 4 is 0 Å². The lowest BCUT2D eigenvalue weighted by Crippen LogP contribution is -2.38. The van der Waals surface area contributed by atoms with Crippen molar-refractivity contribution in [3.63, 3.8) is 0 Å². The van der Waals surface area contributed by atoms with Crippen molar-refractivity contribution in [1.29, 1.82) is 0 Å². The number of nitrogens with one attached hydrogen (secondary N) is 1. The van der Waals surface area contributed by atoms with E-state index in [1.807, 2.05) is 0 Å². The van der Waals surface area contributed by atoms with Crippen LogP contribution >= 0.6 is 0 Å². The van der Waals surface area contributed by atoms with Crippen molar-refractivity contribution in [1.82, 2.24) is 5.43 Å². The Labute approximate surface area is 123 Å². The molecule has 0 amide bonds. The first kappa shape index (κ1) is 16.0. The molecular formula is C16H21F3N2. The fraction of sp³-hybridized carbons (Fsp3) is 0.500. The van der Waals surface area contributed by atoms with E-state index < -0.39 is 11.7 Å². The molecule has 1 unspecified atom stereocenters. The van der Waals surface area contributed by atoms with Gasteiger partial charge in [0.05, 0.1) is 5.56 Å². The molecule has 1 aliphatic rings. The molecule has 0 heterocycles. The molecule has 0 aliphatic heterocycles. The summed E-state index contributed by atoms with van der Waals surface area (Å²) < 4.78 is 37.6. The fourth-order valence-corrected chi connectivity index (χ4v) is 2.72. The van der Waals surface area contributed by atoms with Crippen LogP contribution in [-0.2, 0) is 12.6 Å². The molecule has 1 aromatic carbocycles. The van der Waals surface area contributed by atoms with Gasteiger partial charge in [-0.15, -0.1) is 0 Å². The van der Waals surface area contributed by atoms with E-state index in [0.29, 0.717) is 6.42 Å². The van der Waals surface area contributed by atoms with E-state index in [1.165, 1.54) is 30.5 Å². The van der Waals surface area contributed by atoms with Crippen LogP contribution < -0.4 is 11.3 Å². The average Bonchev–Trinajstić information content (AvgIpc) is 2.73. The normalized spacial score (nSPS) is 18.0. The highest BCUT2D eigenvalue weighted by molar-refractivity contribution is 5.27. The van der Waals surface area contributed by atoms with Crippen molar-refractivity contribution in [2.75, 3.05) is 0 Å². The SMILES string of the molecule is NNC(Cc1ccc(C(F)(F)F)cc1)C1=CCCCCC1. The standard InChI is InChI=1S/C16H21F3N2/c17-16(18,19)14-9-7-12(8-10-14)11-15(21-20)13-5-3-1-2-4-6-13/h5,7-10,15,21H,1-4,6,11,20H2. The largest absolute Gasteiger partial charge is 0.416 e. The molecule has 0 fully saturated rings. The highest BCUT2D eigenvalue weighted by Crippen LogP contribution is 2.29. The van der Waals surface area contributed by atoms with Crippen molar-refractivity contribution in [3.05, 3.63) is 47.0 Å². The monoisotopic (exact) mass is 298 g/mol. The van der Waals surface area contributed by atoms with Gasteiger partial charge < -0.3 is 0 Å². The highest BCUT2D eigenvalue weighted by Gasteiger charge is 2.30. The summed E-state index contributed by atoms with van der Waals surface area (Å²) in [4.78, 5) is 0. The number of hydrazine groups is 1. The predicted octanol–water partition coefficient (Wildman–Crippen LogP) is 3.97. The number of halogens is 3. The Kier molecular flexibility index (Phi) is 5.42. The van der Waals surface area contributed by atoms with Crippen LogP contribution in [0.4, 0.5) is 13.2 Å². The van der Waals surface area contributed by atoms with Gasteiger partial charge in [-0.3, -0.25) is 11.3 Å². The summed E-state index contributed by atoms with van der Waals surface area (Å²) in [5.74, 6) is 5.63. The van der Waals surface area contributed by atoms with Crippen molar-refractivity contribution in [2.45, 2.75) is 50.7 Å². The van der Waals surface area contributed by atoms with Crippen molar-refractivity contribution < 1.29 is 13.2 Å². The lowest BCUT2D eigenvalue weighted by Gasteiger charge is -2.19. The quantitative estimate of drug-likeness (QED) is 0.501. The molecule has 0 bridgehead atoms. The van der Waals surface area contributed by atoms with Gasteiger partial charge in [-0.25, -0.2) is 0 Å². The second-order valence-corrected chi connectivity index (χ2v) is 5.50. The molecule has 0 spiro atoms. The zero-order valence-corrected chi connectivity index (χ0v) is 11.9. The second-order valence-electron chi connectivity index (χ2n) is 5.50. The maximum absolute atomic E-state index is 12.5. The maximum atomic E-state index is 12.5. The number of nitrogens with two attached hydrogens (primary N) is 1. The van der Waals surface area contributed by atoms with E-state index in [0.717, 1.165) is 37.0 Å². The maximum Gasteiger partial charge on any atom is 0.416 e. The van der Waals surface area contributed by atoms with Gasteiger partial charge >= 0.3 is 6.18 Å². The summed E-state index contributed by atoms with van der Waals surface area (Å²) in [5.41, 5.74) is 4.32. The smallest absolute Gasteiger partial charge is 0.271 e. The molecule has 21 heavy (non-hydrogen) atoms. The molecule has 0 saturated heterocycles. The third-order valence-corrected chi connectivity index (χ3v) is 3.95. The van der Waals surface area contributed by atoms with Crippen molar-refractivity contribution in [3.8, 4) is 0 Å². The van der Waals surface area contributed by atoms with Crippen LogP contribution in [0.25, 0.3) is 0 Å². The average molecular weight is 298 g/mol. The molecule has 2 nitrogen and oxygen atoms in total. The summed E-state index contributed by atoms with van der Waals surface area (Å²) in [6, 6.07) is 5.32. The Morgan fingerprint density at radius 1 is 1.10 bits per heavy atom. The van der Waals surface area contributed by atoms with Crippen LogP contribution in [0.15, 0.2) is 35.9 Å². The molecule has 3 N–H and O–H groups in total. The van der Waals surface area contributed by atoms with Gasteiger partial charge in [0, 0.05) is 6.04 Å². The molecule has 0 aromatic heterocycles. The summed E-state index contributed by atoms with van der Waals surface area (Å²) >= 11 is 0. The topological polar surface area (TPSA) is 38.0 Å². The number of hydrogen-bond donors (Lipinski definition) is 2. The Morgan fingerprint density at radius 3 is 2.43 bits per heavy atom. The van der Waals surface area contributed by atoms with E-state index in [2.05, 4.69) is 11.5 Å². The van der Waals surface area contributed by atoms with Gasteiger partial charge in [0.1, 0.15) is 0 Å². The Morgan fingerprint density at radius 2 is 1.81 bits per heavy atom. The zero-order chi connectivity index (χ0) is 15.3. The van der Waals surface area contributed by atoms with Gasteiger partial charge in [0.15, 0.2) is 0 Å². The molecule has 0 radical (unpaired) electrons. The molecule has 5 heteroatoms. The highest BCUT2D eigenvalue weighted by atomic mass is 19.4. The zero-order valence-electron chi connectivity index (χ0n) is 11.9. The summed E-state index contributed by atoms with van der Waals surface area (Å²) in [7, 11) is 0. The molecule has 1 aliphatic carbocycles. The Hall–Kier alpha value is -1.33. The third kappa shape index (κ3) is 4.58. The first-order valence-corrected chi connectivity index (χ1v) is 7.32. The Balaban J connectivity index is 2.06. The van der Waals surface area contributed by atoms with E-state index in [-0.39, 0.29) is 6.04 Å². The number of rotatable bonds is 4. The number of hydrogen-bond acceptors (Lipinski definition) is 2. The Bertz CT molecular complexity index is 477. The predicted molar refractivity (Wildman–Crippen MR) is 77.4 cm³/mol. The lowest BCUT2D eigenvalue weighted by molar-refractivity contribution is -0.137. The van der Waals surface area contributed by atoms with E-state index in [4.69, 9.17) is 5.84 Å². The molecular weight excluding hydrogens is 277 g/mol. The van der Waals surface area contributed by atoms with Gasteiger partial charge in [-0.2, -0.15) is 13.2 Å². The number of benzene rings is 1. The van der Waals surface area contributed by atoms with Crippen LogP contribution in [0.5, 0.6) is 0 Å². The van der Waals surface area contributed by atoms with Gasteiger partial charge in [-0.05, 0) is 49.8 Å². The lowest BCUT2D eigenvalue weighted by atomic mass is 9.95. The van der Waals surface area contributed by atoms with E-state index in [1.54, 1.807) is 0 Å². The molecule has 2 rings (SSSR count). The minimum atomic E-state index is -4.28. The third-order valence-electron chi connectivity index (χ3n) is 3.95. The van der Waals surface area contributed by atoms with Crippen molar-refractivity contribution in [2.24, 2.45) is 5.84 Å². The molecule has 116 valence electrons. The second kappa shape index (κ2) is 7.09. The van der Waals surface area contributed by atoms with E-state index >= 15 is 0 Å². The summed E-state index contributed by atoms with van der Waals surface area (Å²) in [6.07, 6.45) is 4.18. The molecule has 1 aromatic rings. The number of alkyl halides is 3. The fourth-order valence-electron chi connectivity index (χ4n) is 2.72. The van der Waals surface area contributed by atoms with Crippen LogP contribution in [0, 0.1) is 0 Å². The van der Waals surface area contributed by atoms with Gasteiger partial charge in [0.25, 0.3) is 0 Å². The van der Waals surface area contributed by atoms with Gasteiger partial charge in [-0.1, -0.05) is 30.2 Å². The van der Waals surface area contributed by atoms with E-state index in [9.17, 15) is 13.2 Å². The minimum Gasteiger partial charge on any atom is -0.271 e. The first-order chi connectivity index (χ1) is 10.0. The molecule has 1 atom stereocenters. The van der Waals surface area contributed by atoms with Crippen LogP contribution in [0.2, 0.25) is 0 Å². The molecule has 0 saturated carbocycles. The van der Waals surface area contributed by atoms with Crippen LogP contribution in [0.1, 0.15) is 43.2 Å². The summed E-state index contributed by atoms with van der Waals surface area (Å²) in [6.45, 7) is 0. The van der Waals surface area contributed by atoms with Crippen LogP contribution in [-0.4, -0.2) is 6.04 Å². The first-order valence-electron chi connectivity index (χ1n) is 7.32. The minimum absolute atomic E-state index is 0.000151. The number of allylic oxidation sites excluding steroid dienone is 1. The van der Waals surface area contributed by atoms with Crippen LogP contribution in [0.3, 0.4) is 0 Å².